The van der Waals surface area contributed by atoms with Gasteiger partial charge in [-0.15, -0.1) is 0 Å². The largest absolute Gasteiger partial charge is 0.482 e. The molecule has 0 aromatic heterocycles. The number of carbonyl (C=O) groups is 1. The second-order valence-electron chi connectivity index (χ2n) is 7.17. The quantitative estimate of drug-likeness (QED) is 0.842. The third kappa shape index (κ3) is 4.02. The van der Waals surface area contributed by atoms with E-state index in [0.717, 1.165) is 24.0 Å². The molecule has 136 valence electrons. The number of nitrogens with one attached hydrogen (secondary N) is 2. The van der Waals surface area contributed by atoms with Gasteiger partial charge in [0.1, 0.15) is 5.75 Å². The molecule has 0 radical (unpaired) electrons. The molecule has 2 aliphatic heterocycles. The minimum atomic E-state index is -0.0838. The molecule has 1 amide bonds. The number of carbonyl (C=O) groups excluding carboxylic acids is 1. The highest BCUT2D eigenvalue weighted by atomic mass is 35.5. The number of rotatable bonds is 5. The summed E-state index contributed by atoms with van der Waals surface area (Å²) in [4.78, 5) is 12.2. The van der Waals surface area contributed by atoms with Gasteiger partial charge in [0.25, 0.3) is 5.91 Å². The third-order valence-electron chi connectivity index (χ3n) is 5.24. The normalized spacial score (nSPS) is 24.3. The number of halogens is 1. The highest BCUT2D eigenvalue weighted by molar-refractivity contribution is 6.32. The molecule has 0 aliphatic carbocycles. The fourth-order valence-corrected chi connectivity index (χ4v) is 4.25. The van der Waals surface area contributed by atoms with Gasteiger partial charge < -0.3 is 15.4 Å². The first-order valence-corrected chi connectivity index (χ1v) is 9.58. The standard InChI is InChI=1S/C21H23ClN2O2/c22-19-10-15(14-4-2-1-3-5-14)6-9-20(19)26-13-21(25)24-18-11-16-7-8-17(12-18)23-16/h1-6,9-10,16-18,23H,7-8,11-13H2,(H,24,25). The molecule has 2 aliphatic rings. The summed E-state index contributed by atoms with van der Waals surface area (Å²) in [5.41, 5.74) is 2.12. The van der Waals surface area contributed by atoms with Crippen LogP contribution in [0.2, 0.25) is 5.02 Å². The summed E-state index contributed by atoms with van der Waals surface area (Å²) in [7, 11) is 0. The van der Waals surface area contributed by atoms with Crippen molar-refractivity contribution in [3.63, 3.8) is 0 Å². The van der Waals surface area contributed by atoms with Crippen LogP contribution in [-0.4, -0.2) is 30.6 Å². The van der Waals surface area contributed by atoms with Crippen LogP contribution in [0.1, 0.15) is 25.7 Å². The molecule has 2 N–H and O–H groups in total. The van der Waals surface area contributed by atoms with Gasteiger partial charge in [0, 0.05) is 18.1 Å². The maximum absolute atomic E-state index is 12.2. The molecule has 0 saturated carbocycles. The monoisotopic (exact) mass is 370 g/mol. The zero-order valence-electron chi connectivity index (χ0n) is 14.6. The SMILES string of the molecule is O=C(COc1ccc(-c2ccccc2)cc1Cl)NC1CC2CCC(C1)N2. The summed E-state index contributed by atoms with van der Waals surface area (Å²) < 4.78 is 5.64. The van der Waals surface area contributed by atoms with Gasteiger partial charge in [-0.3, -0.25) is 4.79 Å². The number of benzene rings is 2. The van der Waals surface area contributed by atoms with Gasteiger partial charge in [-0.05, 0) is 48.9 Å². The van der Waals surface area contributed by atoms with Crippen molar-refractivity contribution in [3.05, 3.63) is 53.6 Å². The summed E-state index contributed by atoms with van der Waals surface area (Å²) in [6.45, 7) is -0.0103. The van der Waals surface area contributed by atoms with Gasteiger partial charge in [-0.2, -0.15) is 0 Å². The summed E-state index contributed by atoms with van der Waals surface area (Å²) in [5, 5.41) is 7.19. The number of hydrogen-bond acceptors (Lipinski definition) is 3. The molecule has 4 rings (SSSR count). The van der Waals surface area contributed by atoms with Crippen molar-refractivity contribution in [2.24, 2.45) is 0 Å². The highest BCUT2D eigenvalue weighted by Crippen LogP contribution is 2.30. The number of fused-ring (bicyclic) bond motifs is 2. The maximum Gasteiger partial charge on any atom is 0.258 e. The van der Waals surface area contributed by atoms with Crippen LogP contribution < -0.4 is 15.4 Å². The molecule has 2 atom stereocenters. The minimum Gasteiger partial charge on any atom is -0.482 e. The Morgan fingerprint density at radius 3 is 2.50 bits per heavy atom. The Morgan fingerprint density at radius 1 is 1.08 bits per heavy atom. The topological polar surface area (TPSA) is 50.4 Å². The zero-order valence-corrected chi connectivity index (χ0v) is 15.3. The minimum absolute atomic E-state index is 0.0103. The smallest absolute Gasteiger partial charge is 0.258 e. The molecule has 2 bridgehead atoms. The Kier molecular flexibility index (Phi) is 5.14. The average molecular weight is 371 g/mol. The first-order valence-electron chi connectivity index (χ1n) is 9.20. The molecule has 2 heterocycles. The van der Waals surface area contributed by atoms with E-state index in [-0.39, 0.29) is 18.6 Å². The average Bonchev–Trinajstić information content (AvgIpc) is 2.99. The van der Waals surface area contributed by atoms with Crippen molar-refractivity contribution in [2.45, 2.75) is 43.8 Å². The van der Waals surface area contributed by atoms with Crippen molar-refractivity contribution in [1.82, 2.24) is 10.6 Å². The van der Waals surface area contributed by atoms with E-state index in [9.17, 15) is 4.79 Å². The van der Waals surface area contributed by atoms with E-state index in [0.29, 0.717) is 22.9 Å². The highest BCUT2D eigenvalue weighted by Gasteiger charge is 2.33. The molecular weight excluding hydrogens is 348 g/mol. The van der Waals surface area contributed by atoms with E-state index in [1.54, 1.807) is 0 Å². The Balaban J connectivity index is 1.32. The summed E-state index contributed by atoms with van der Waals surface area (Å²) >= 11 is 6.34. The van der Waals surface area contributed by atoms with Crippen molar-refractivity contribution >= 4 is 17.5 Å². The predicted octanol–water partition coefficient (Wildman–Crippen LogP) is 3.79. The lowest BCUT2D eigenvalue weighted by molar-refractivity contribution is -0.124. The maximum atomic E-state index is 12.2. The molecule has 2 fully saturated rings. The second kappa shape index (κ2) is 7.68. The lowest BCUT2D eigenvalue weighted by atomic mass is 10.00. The Hall–Kier alpha value is -2.04. The van der Waals surface area contributed by atoms with E-state index in [1.807, 2.05) is 48.5 Å². The lowest BCUT2D eigenvalue weighted by Gasteiger charge is -2.29. The van der Waals surface area contributed by atoms with Crippen LogP contribution >= 0.6 is 11.6 Å². The van der Waals surface area contributed by atoms with Crippen LogP contribution in [0.4, 0.5) is 0 Å². The Labute approximate surface area is 158 Å². The van der Waals surface area contributed by atoms with E-state index >= 15 is 0 Å². The van der Waals surface area contributed by atoms with Crippen LogP contribution in [0.3, 0.4) is 0 Å². The molecule has 2 aromatic rings. The number of piperidine rings is 1. The lowest BCUT2D eigenvalue weighted by Crippen LogP contribution is -2.48. The first-order chi connectivity index (χ1) is 12.7. The molecule has 26 heavy (non-hydrogen) atoms. The van der Waals surface area contributed by atoms with Gasteiger partial charge in [0.05, 0.1) is 5.02 Å². The van der Waals surface area contributed by atoms with Gasteiger partial charge in [-0.25, -0.2) is 0 Å². The molecule has 4 nitrogen and oxygen atoms in total. The Morgan fingerprint density at radius 2 is 1.81 bits per heavy atom. The van der Waals surface area contributed by atoms with E-state index < -0.39 is 0 Å². The third-order valence-corrected chi connectivity index (χ3v) is 5.53. The van der Waals surface area contributed by atoms with Crippen LogP contribution in [0.15, 0.2) is 48.5 Å². The molecule has 2 saturated heterocycles. The number of ether oxygens (including phenoxy) is 1. The van der Waals surface area contributed by atoms with Crippen LogP contribution in [0.25, 0.3) is 11.1 Å². The van der Waals surface area contributed by atoms with E-state index in [4.69, 9.17) is 16.3 Å². The van der Waals surface area contributed by atoms with Gasteiger partial charge in [0.2, 0.25) is 0 Å². The Bertz CT molecular complexity index is 769. The molecule has 0 spiro atoms. The van der Waals surface area contributed by atoms with Gasteiger partial charge in [-0.1, -0.05) is 48.0 Å². The molecular formula is C21H23ClN2O2. The number of amides is 1. The first kappa shape index (κ1) is 17.4. The van der Waals surface area contributed by atoms with E-state index in [1.165, 1.54) is 12.8 Å². The van der Waals surface area contributed by atoms with Crippen LogP contribution in [0.5, 0.6) is 5.75 Å². The zero-order chi connectivity index (χ0) is 17.9. The van der Waals surface area contributed by atoms with Crippen LogP contribution in [0, 0.1) is 0 Å². The fraction of sp³-hybridized carbons (Fsp3) is 0.381. The summed E-state index contributed by atoms with van der Waals surface area (Å²) in [6, 6.07) is 17.0. The summed E-state index contributed by atoms with van der Waals surface area (Å²) in [6.07, 6.45) is 4.46. The van der Waals surface area contributed by atoms with Gasteiger partial charge in [0.15, 0.2) is 6.61 Å². The number of hydrogen-bond donors (Lipinski definition) is 2. The molecule has 2 unspecified atom stereocenters. The van der Waals surface area contributed by atoms with Crippen molar-refractivity contribution in [1.29, 1.82) is 0 Å². The van der Waals surface area contributed by atoms with Gasteiger partial charge >= 0.3 is 0 Å². The molecule has 2 aromatic carbocycles. The van der Waals surface area contributed by atoms with Crippen molar-refractivity contribution in [2.75, 3.05) is 6.61 Å². The van der Waals surface area contributed by atoms with Crippen molar-refractivity contribution in [3.8, 4) is 16.9 Å². The molecule has 5 heteroatoms. The predicted molar refractivity (Wildman–Crippen MR) is 103 cm³/mol. The van der Waals surface area contributed by atoms with Crippen LogP contribution in [-0.2, 0) is 4.79 Å². The second-order valence-corrected chi connectivity index (χ2v) is 7.58. The van der Waals surface area contributed by atoms with Crippen molar-refractivity contribution < 1.29 is 9.53 Å². The van der Waals surface area contributed by atoms with E-state index in [2.05, 4.69) is 10.6 Å². The fourth-order valence-electron chi connectivity index (χ4n) is 4.02. The summed E-state index contributed by atoms with van der Waals surface area (Å²) in [5.74, 6) is 0.450.